The number of likely N-dealkylation sites (tertiary alicyclic amines) is 1. The fraction of sp³-hybridized carbons (Fsp3) is 0.480. The quantitative estimate of drug-likeness (QED) is 0.649. The molecular weight excluding hydrogens is 473 g/mol. The molecule has 5 rings (SSSR count). The van der Waals surface area contributed by atoms with Crippen molar-refractivity contribution in [1.29, 1.82) is 0 Å². The number of hydrogen-bond acceptors (Lipinski definition) is 7. The number of aliphatic hydroxyl groups is 1. The van der Waals surface area contributed by atoms with Crippen molar-refractivity contribution in [3.8, 4) is 5.75 Å². The van der Waals surface area contributed by atoms with Crippen LogP contribution in [-0.4, -0.2) is 75.2 Å². The van der Waals surface area contributed by atoms with Gasteiger partial charge in [0.2, 0.25) is 0 Å². The van der Waals surface area contributed by atoms with Crippen molar-refractivity contribution < 1.29 is 19.0 Å². The van der Waals surface area contributed by atoms with E-state index < -0.39 is 5.82 Å². The number of halogens is 2. The molecule has 1 aromatic heterocycles. The van der Waals surface area contributed by atoms with E-state index in [9.17, 15) is 14.3 Å². The number of benzene rings is 1. The lowest BCUT2D eigenvalue weighted by Gasteiger charge is -2.37. The molecule has 0 radical (unpaired) electrons. The van der Waals surface area contributed by atoms with Gasteiger partial charge >= 0.3 is 0 Å². The van der Waals surface area contributed by atoms with Gasteiger partial charge in [-0.15, -0.1) is 0 Å². The van der Waals surface area contributed by atoms with E-state index in [2.05, 4.69) is 14.9 Å². The molecule has 1 saturated heterocycles. The highest BCUT2D eigenvalue weighted by Gasteiger charge is 2.34. The molecule has 0 bridgehead atoms. The molecule has 1 amide bonds. The Labute approximate surface area is 208 Å². The summed E-state index contributed by atoms with van der Waals surface area (Å²) in [5.74, 6) is -0.0863. The van der Waals surface area contributed by atoms with Crippen LogP contribution in [-0.2, 0) is 0 Å². The number of carbonyl (C=O) groups is 1. The largest absolute Gasteiger partial charge is 0.489 e. The summed E-state index contributed by atoms with van der Waals surface area (Å²) >= 11 is 5.88. The molecule has 2 aliphatic heterocycles. The smallest absolute Gasteiger partial charge is 0.258 e. The fourth-order valence-corrected chi connectivity index (χ4v) is 5.37. The van der Waals surface area contributed by atoms with Gasteiger partial charge in [-0.1, -0.05) is 11.6 Å². The van der Waals surface area contributed by atoms with Gasteiger partial charge in [0.25, 0.3) is 5.91 Å². The normalized spacial score (nSPS) is 23.8. The second-order valence-corrected chi connectivity index (χ2v) is 9.89. The monoisotopic (exact) mass is 501 g/mol. The van der Waals surface area contributed by atoms with E-state index in [0.717, 1.165) is 45.2 Å². The third kappa shape index (κ3) is 5.12. The zero-order valence-corrected chi connectivity index (χ0v) is 20.1. The van der Waals surface area contributed by atoms with E-state index in [4.69, 9.17) is 22.1 Å². The van der Waals surface area contributed by atoms with Crippen molar-refractivity contribution in [3.63, 3.8) is 0 Å². The van der Waals surface area contributed by atoms with Crippen molar-refractivity contribution >= 4 is 23.1 Å². The van der Waals surface area contributed by atoms with Crippen molar-refractivity contribution in [2.75, 3.05) is 26.2 Å². The molecular formula is C25H29ClFN5O3. The molecule has 2 fully saturated rings. The van der Waals surface area contributed by atoms with Crippen LogP contribution in [0.5, 0.6) is 5.75 Å². The van der Waals surface area contributed by atoms with Gasteiger partial charge in [-0.2, -0.15) is 0 Å². The Hall–Kier alpha value is -2.75. The maximum Gasteiger partial charge on any atom is 0.258 e. The number of rotatable bonds is 5. The van der Waals surface area contributed by atoms with Crippen LogP contribution < -0.4 is 10.5 Å². The van der Waals surface area contributed by atoms with Gasteiger partial charge in [-0.05, 0) is 44.2 Å². The zero-order valence-electron chi connectivity index (χ0n) is 19.4. The molecule has 1 aromatic carbocycles. The van der Waals surface area contributed by atoms with Crippen molar-refractivity contribution in [2.24, 2.45) is 5.73 Å². The van der Waals surface area contributed by atoms with Crippen LogP contribution in [0.4, 0.5) is 4.39 Å². The highest BCUT2D eigenvalue weighted by Crippen LogP contribution is 2.31. The number of ether oxygens (including phenoxy) is 1. The summed E-state index contributed by atoms with van der Waals surface area (Å²) in [5, 5.41) is 10.6. The molecule has 1 unspecified atom stereocenters. The van der Waals surface area contributed by atoms with Crippen molar-refractivity contribution in [3.05, 3.63) is 58.5 Å². The number of nitrogens with zero attached hydrogens (tertiary/aromatic N) is 4. The van der Waals surface area contributed by atoms with Gasteiger partial charge in [0, 0.05) is 48.9 Å². The maximum atomic E-state index is 14.1. The average Bonchev–Trinajstić information content (AvgIpc) is 3.45. The van der Waals surface area contributed by atoms with E-state index in [0.29, 0.717) is 27.7 Å². The van der Waals surface area contributed by atoms with Crippen LogP contribution in [0.2, 0.25) is 5.02 Å². The van der Waals surface area contributed by atoms with E-state index in [1.807, 2.05) is 0 Å². The minimum atomic E-state index is -0.461. The number of carbonyl (C=O) groups excluding carboxylic acids is 1. The average molecular weight is 502 g/mol. The predicted molar refractivity (Wildman–Crippen MR) is 129 cm³/mol. The Kier molecular flexibility index (Phi) is 6.91. The SMILES string of the molecule is NC1=C(c2ncc(Cl)cn2)CN(C(=O)c2ccc(F)cc2OC2CCN([C@H]3CCCC3O)CC2)C1. The topological polar surface area (TPSA) is 105 Å². The first-order valence-electron chi connectivity index (χ1n) is 12.0. The standard InChI is InChI=1S/C25H29ClFN5O3/c26-15-11-29-24(30-12-15)19-13-32(14-20(19)28)25(34)18-5-4-16(27)10-23(18)35-17-6-8-31(9-7-17)21-2-1-3-22(21)33/h4-5,10-12,17,21-22,33H,1-3,6-9,13-14,28H2/t21-,22?/m0/s1. The number of aliphatic hydroxyl groups excluding tert-OH is 1. The van der Waals surface area contributed by atoms with Gasteiger partial charge in [0.15, 0.2) is 5.82 Å². The van der Waals surface area contributed by atoms with Gasteiger partial charge in [-0.25, -0.2) is 14.4 Å². The van der Waals surface area contributed by atoms with Gasteiger partial charge < -0.3 is 20.5 Å². The van der Waals surface area contributed by atoms with Crippen molar-refractivity contribution in [1.82, 2.24) is 19.8 Å². The Bertz CT molecular complexity index is 1120. The summed E-state index contributed by atoms with van der Waals surface area (Å²) < 4.78 is 20.3. The lowest BCUT2D eigenvalue weighted by Crippen LogP contribution is -2.47. The molecule has 2 atom stereocenters. The Morgan fingerprint density at radius 3 is 2.57 bits per heavy atom. The first-order valence-corrected chi connectivity index (χ1v) is 12.4. The van der Waals surface area contributed by atoms with Gasteiger partial charge in [-0.3, -0.25) is 9.69 Å². The second kappa shape index (κ2) is 10.1. The maximum absolute atomic E-state index is 14.1. The number of nitrogens with two attached hydrogens (primary N) is 1. The molecule has 2 aromatic rings. The third-order valence-corrected chi connectivity index (χ3v) is 7.33. The first kappa shape index (κ1) is 24.0. The Morgan fingerprint density at radius 2 is 1.89 bits per heavy atom. The summed E-state index contributed by atoms with van der Waals surface area (Å²) in [4.78, 5) is 25.7. The Balaban J connectivity index is 1.26. The summed E-state index contributed by atoms with van der Waals surface area (Å²) in [7, 11) is 0. The number of aromatic nitrogens is 2. The fourth-order valence-electron chi connectivity index (χ4n) is 5.27. The minimum absolute atomic E-state index is 0.127. The molecule has 1 saturated carbocycles. The van der Waals surface area contributed by atoms with Crippen LogP contribution in [0.15, 0.2) is 36.3 Å². The highest BCUT2D eigenvalue weighted by atomic mass is 35.5. The molecule has 35 heavy (non-hydrogen) atoms. The van der Waals surface area contributed by atoms with Crippen LogP contribution in [0.1, 0.15) is 48.3 Å². The molecule has 8 nitrogen and oxygen atoms in total. The predicted octanol–water partition coefficient (Wildman–Crippen LogP) is 2.85. The third-order valence-electron chi connectivity index (χ3n) is 7.13. The molecule has 3 aliphatic rings. The lowest BCUT2D eigenvalue weighted by atomic mass is 10.0. The summed E-state index contributed by atoms with van der Waals surface area (Å²) in [6.07, 6.45) is 7.02. The second-order valence-electron chi connectivity index (χ2n) is 9.45. The molecule has 186 valence electrons. The van der Waals surface area contributed by atoms with Crippen LogP contribution in [0.3, 0.4) is 0 Å². The number of amides is 1. The highest BCUT2D eigenvalue weighted by molar-refractivity contribution is 6.30. The summed E-state index contributed by atoms with van der Waals surface area (Å²) in [6.45, 7) is 2.08. The van der Waals surface area contributed by atoms with E-state index in [1.165, 1.54) is 30.6 Å². The van der Waals surface area contributed by atoms with Crippen molar-refractivity contribution in [2.45, 2.75) is 50.4 Å². The molecule has 1 aliphatic carbocycles. The van der Waals surface area contributed by atoms with Crippen LogP contribution in [0, 0.1) is 5.82 Å². The van der Waals surface area contributed by atoms with Crippen LogP contribution in [0.25, 0.3) is 5.57 Å². The van der Waals surface area contributed by atoms with Crippen LogP contribution >= 0.6 is 11.6 Å². The summed E-state index contributed by atoms with van der Waals surface area (Å²) in [5.41, 5.74) is 7.67. The molecule has 10 heteroatoms. The molecule has 3 heterocycles. The molecule has 3 N–H and O–H groups in total. The number of hydrogen-bond donors (Lipinski definition) is 2. The van der Waals surface area contributed by atoms with E-state index in [-0.39, 0.29) is 43.0 Å². The van der Waals surface area contributed by atoms with E-state index in [1.54, 1.807) is 4.90 Å². The first-order chi connectivity index (χ1) is 16.9. The van der Waals surface area contributed by atoms with E-state index >= 15 is 0 Å². The minimum Gasteiger partial charge on any atom is -0.489 e. The Morgan fingerprint density at radius 1 is 1.14 bits per heavy atom. The van der Waals surface area contributed by atoms with Gasteiger partial charge in [0.1, 0.15) is 17.7 Å². The number of piperidine rings is 1. The van der Waals surface area contributed by atoms with Gasteiger partial charge in [0.05, 0.1) is 29.8 Å². The molecule has 0 spiro atoms. The summed E-state index contributed by atoms with van der Waals surface area (Å²) in [6, 6.07) is 4.22. The zero-order chi connectivity index (χ0) is 24.5. The lowest BCUT2D eigenvalue weighted by molar-refractivity contribution is 0.0280.